The molecule has 8 heteroatoms. The zero-order valence-electron chi connectivity index (χ0n) is 16.2. The topological polar surface area (TPSA) is 87.7 Å². The second-order valence-electron chi connectivity index (χ2n) is 6.82. The summed E-state index contributed by atoms with van der Waals surface area (Å²) in [6, 6.07) is 7.07. The molecule has 0 bridgehead atoms. The van der Waals surface area contributed by atoms with Crippen molar-refractivity contribution < 1.29 is 14.3 Å². The molecule has 2 heterocycles. The van der Waals surface area contributed by atoms with Crippen LogP contribution in [0, 0.1) is 5.92 Å². The fourth-order valence-corrected chi connectivity index (χ4v) is 3.32. The van der Waals surface area contributed by atoms with E-state index < -0.39 is 0 Å². The number of carbonyl (C=O) groups excluding carboxylic acids is 2. The van der Waals surface area contributed by atoms with E-state index in [0.29, 0.717) is 12.2 Å². The molecule has 28 heavy (non-hydrogen) atoms. The number of anilines is 2. The highest BCUT2D eigenvalue weighted by molar-refractivity contribution is 5.94. The summed E-state index contributed by atoms with van der Waals surface area (Å²) in [7, 11) is 3.25. The van der Waals surface area contributed by atoms with Gasteiger partial charge < -0.3 is 19.9 Å². The Labute approximate surface area is 164 Å². The molecule has 1 saturated heterocycles. The Balaban J connectivity index is 1.53. The van der Waals surface area contributed by atoms with Crippen LogP contribution in [0.4, 0.5) is 11.5 Å². The predicted octanol–water partition coefficient (Wildman–Crippen LogP) is 1.80. The number of nitrogens with zero attached hydrogens (tertiary/aromatic N) is 4. The van der Waals surface area contributed by atoms with E-state index >= 15 is 0 Å². The minimum Gasteiger partial charge on any atom is -0.497 e. The summed E-state index contributed by atoms with van der Waals surface area (Å²) in [5.41, 5.74) is 0.665. The van der Waals surface area contributed by atoms with Crippen molar-refractivity contribution in [3.8, 4) is 5.75 Å². The van der Waals surface area contributed by atoms with Gasteiger partial charge in [0.15, 0.2) is 0 Å². The van der Waals surface area contributed by atoms with Gasteiger partial charge in [0.2, 0.25) is 11.8 Å². The molecule has 3 rings (SSSR count). The maximum absolute atomic E-state index is 12.8. The van der Waals surface area contributed by atoms with E-state index in [9.17, 15) is 9.59 Å². The van der Waals surface area contributed by atoms with Crippen LogP contribution in [0.25, 0.3) is 0 Å². The number of amides is 2. The van der Waals surface area contributed by atoms with Crippen molar-refractivity contribution in [3.63, 3.8) is 0 Å². The second kappa shape index (κ2) is 9.16. The van der Waals surface area contributed by atoms with Gasteiger partial charge in [-0.3, -0.25) is 14.6 Å². The molecule has 2 amide bonds. The standard InChI is InChI=1S/C20H25N5O3/c1-24(14-19(26)23-16-5-7-17(28-2)8-6-16)20(27)15-4-3-11-25(13-15)18-12-21-9-10-22-18/h5-10,12,15H,3-4,11,13-14H2,1-2H3,(H,23,26). The number of benzene rings is 1. The van der Waals surface area contributed by atoms with Crippen LogP contribution >= 0.6 is 0 Å². The van der Waals surface area contributed by atoms with Crippen LogP contribution in [0.15, 0.2) is 42.9 Å². The molecule has 1 atom stereocenters. The number of hydrogen-bond acceptors (Lipinski definition) is 6. The Morgan fingerprint density at radius 3 is 2.75 bits per heavy atom. The maximum Gasteiger partial charge on any atom is 0.243 e. The second-order valence-corrected chi connectivity index (χ2v) is 6.82. The van der Waals surface area contributed by atoms with Crippen molar-refractivity contribution in [2.24, 2.45) is 5.92 Å². The summed E-state index contributed by atoms with van der Waals surface area (Å²) in [6.07, 6.45) is 6.69. The zero-order chi connectivity index (χ0) is 19.9. The van der Waals surface area contributed by atoms with Crippen molar-refractivity contribution in [1.29, 1.82) is 0 Å². The van der Waals surface area contributed by atoms with Crippen LogP contribution < -0.4 is 15.0 Å². The van der Waals surface area contributed by atoms with Crippen molar-refractivity contribution in [1.82, 2.24) is 14.9 Å². The molecule has 0 saturated carbocycles. The van der Waals surface area contributed by atoms with E-state index in [0.717, 1.165) is 31.0 Å². The Kier molecular flexibility index (Phi) is 6.41. The summed E-state index contributed by atoms with van der Waals surface area (Å²) in [4.78, 5) is 37.1. The fraction of sp³-hybridized carbons (Fsp3) is 0.400. The van der Waals surface area contributed by atoms with Gasteiger partial charge in [0.05, 0.1) is 25.8 Å². The highest BCUT2D eigenvalue weighted by Gasteiger charge is 2.29. The van der Waals surface area contributed by atoms with Crippen LogP contribution in [-0.2, 0) is 9.59 Å². The number of aromatic nitrogens is 2. The SMILES string of the molecule is COc1ccc(NC(=O)CN(C)C(=O)C2CCCN(c3cnccn3)C2)cc1. The molecular weight excluding hydrogens is 358 g/mol. The van der Waals surface area contributed by atoms with Crippen LogP contribution in [0.5, 0.6) is 5.75 Å². The number of ether oxygens (including phenoxy) is 1. The summed E-state index contributed by atoms with van der Waals surface area (Å²) >= 11 is 0. The van der Waals surface area contributed by atoms with Gasteiger partial charge in [-0.25, -0.2) is 4.98 Å². The largest absolute Gasteiger partial charge is 0.497 e. The molecule has 1 aliphatic rings. The Morgan fingerprint density at radius 1 is 1.29 bits per heavy atom. The van der Waals surface area contributed by atoms with Gasteiger partial charge in [-0.1, -0.05) is 0 Å². The molecule has 1 aliphatic heterocycles. The van der Waals surface area contributed by atoms with Crippen LogP contribution in [0.2, 0.25) is 0 Å². The Hall–Kier alpha value is -3.16. The van der Waals surface area contributed by atoms with Crippen molar-refractivity contribution in [3.05, 3.63) is 42.9 Å². The lowest BCUT2D eigenvalue weighted by molar-refractivity contribution is -0.137. The van der Waals surface area contributed by atoms with Gasteiger partial charge in [0, 0.05) is 38.2 Å². The third-order valence-corrected chi connectivity index (χ3v) is 4.77. The van der Waals surface area contributed by atoms with Crippen molar-refractivity contribution in [2.75, 3.05) is 44.0 Å². The van der Waals surface area contributed by atoms with Gasteiger partial charge in [-0.2, -0.15) is 0 Å². The minimum absolute atomic E-state index is 0.00645. The fourth-order valence-electron chi connectivity index (χ4n) is 3.32. The highest BCUT2D eigenvalue weighted by atomic mass is 16.5. The third kappa shape index (κ3) is 4.97. The van der Waals surface area contributed by atoms with Gasteiger partial charge in [-0.05, 0) is 37.1 Å². The van der Waals surface area contributed by atoms with E-state index in [1.54, 1.807) is 57.0 Å². The van der Waals surface area contributed by atoms with Gasteiger partial charge in [0.1, 0.15) is 11.6 Å². The minimum atomic E-state index is -0.234. The first-order chi connectivity index (χ1) is 13.6. The normalized spacial score (nSPS) is 16.4. The van der Waals surface area contributed by atoms with E-state index in [1.807, 2.05) is 0 Å². The molecule has 0 spiro atoms. The number of methoxy groups -OCH3 is 1. The first-order valence-electron chi connectivity index (χ1n) is 9.26. The molecule has 0 radical (unpaired) electrons. The molecule has 8 nitrogen and oxygen atoms in total. The number of hydrogen-bond donors (Lipinski definition) is 1. The molecule has 1 fully saturated rings. The summed E-state index contributed by atoms with van der Waals surface area (Å²) in [5, 5.41) is 2.80. The van der Waals surface area contributed by atoms with E-state index in [1.165, 1.54) is 4.90 Å². The smallest absolute Gasteiger partial charge is 0.243 e. The zero-order valence-corrected chi connectivity index (χ0v) is 16.2. The van der Waals surface area contributed by atoms with Crippen LogP contribution in [0.3, 0.4) is 0 Å². The molecule has 0 aliphatic carbocycles. The monoisotopic (exact) mass is 383 g/mol. The maximum atomic E-state index is 12.8. The molecular formula is C20H25N5O3. The van der Waals surface area contributed by atoms with Gasteiger partial charge in [0.25, 0.3) is 0 Å². The average molecular weight is 383 g/mol. The number of rotatable bonds is 6. The lowest BCUT2D eigenvalue weighted by Crippen LogP contribution is -2.45. The number of nitrogens with one attached hydrogen (secondary N) is 1. The van der Waals surface area contributed by atoms with E-state index in [4.69, 9.17) is 4.74 Å². The molecule has 1 unspecified atom stereocenters. The van der Waals surface area contributed by atoms with Crippen LogP contribution in [-0.4, -0.2) is 60.5 Å². The van der Waals surface area contributed by atoms with Crippen molar-refractivity contribution in [2.45, 2.75) is 12.8 Å². The molecule has 1 N–H and O–H groups in total. The highest BCUT2D eigenvalue weighted by Crippen LogP contribution is 2.22. The summed E-state index contributed by atoms with van der Waals surface area (Å²) in [6.45, 7) is 1.44. The number of likely N-dealkylation sites (N-methyl/N-ethyl adjacent to an activating group) is 1. The quantitative estimate of drug-likeness (QED) is 0.818. The molecule has 2 aromatic rings. The van der Waals surface area contributed by atoms with Crippen molar-refractivity contribution >= 4 is 23.3 Å². The Bertz CT molecular complexity index is 797. The first kappa shape index (κ1) is 19.6. The lowest BCUT2D eigenvalue weighted by Gasteiger charge is -2.34. The van der Waals surface area contributed by atoms with E-state index in [-0.39, 0.29) is 24.3 Å². The molecule has 148 valence electrons. The summed E-state index contributed by atoms with van der Waals surface area (Å²) in [5.74, 6) is 1.07. The van der Waals surface area contributed by atoms with Gasteiger partial charge >= 0.3 is 0 Å². The number of carbonyl (C=O) groups is 2. The van der Waals surface area contributed by atoms with Gasteiger partial charge in [-0.15, -0.1) is 0 Å². The molecule has 1 aromatic heterocycles. The first-order valence-corrected chi connectivity index (χ1v) is 9.26. The summed E-state index contributed by atoms with van der Waals surface area (Å²) < 4.78 is 5.10. The Morgan fingerprint density at radius 2 is 2.07 bits per heavy atom. The van der Waals surface area contributed by atoms with Crippen LogP contribution in [0.1, 0.15) is 12.8 Å². The average Bonchev–Trinajstić information content (AvgIpc) is 2.74. The molecule has 1 aromatic carbocycles. The lowest BCUT2D eigenvalue weighted by atomic mass is 9.96. The van der Waals surface area contributed by atoms with E-state index in [2.05, 4.69) is 20.2 Å². The predicted molar refractivity (Wildman–Crippen MR) is 106 cm³/mol. The number of piperidine rings is 1. The third-order valence-electron chi connectivity index (χ3n) is 4.77.